The predicted molar refractivity (Wildman–Crippen MR) is 71.1 cm³/mol. The molecule has 0 bridgehead atoms. The maximum atomic E-state index is 11.8. The fraction of sp³-hybridized carbons (Fsp3) is 0.385. The van der Waals surface area contributed by atoms with Crippen molar-refractivity contribution in [2.45, 2.75) is 26.3 Å². The maximum Gasteiger partial charge on any atom is 0.339 e. The van der Waals surface area contributed by atoms with Crippen molar-refractivity contribution in [3.05, 3.63) is 23.8 Å². The summed E-state index contributed by atoms with van der Waals surface area (Å²) in [6.07, 6.45) is 0.776. The Balaban J connectivity index is 2.81. The Morgan fingerprint density at radius 1 is 1.42 bits per heavy atom. The Morgan fingerprint density at radius 2 is 2.05 bits per heavy atom. The zero-order valence-electron chi connectivity index (χ0n) is 10.9. The number of carboxylic acid groups (broad SMARTS) is 1. The third kappa shape index (κ3) is 3.69. The molecule has 0 saturated heterocycles. The van der Waals surface area contributed by atoms with Gasteiger partial charge in [-0.15, -0.1) is 0 Å². The average molecular weight is 266 g/mol. The number of nitrogens with two attached hydrogens (primary N) is 1. The Bertz CT molecular complexity index is 488. The molecule has 0 saturated carbocycles. The van der Waals surface area contributed by atoms with Gasteiger partial charge in [0.25, 0.3) is 0 Å². The van der Waals surface area contributed by atoms with Crippen LogP contribution in [0.2, 0.25) is 0 Å². The minimum atomic E-state index is -1.23. The van der Waals surface area contributed by atoms with Crippen molar-refractivity contribution in [2.24, 2.45) is 11.7 Å². The van der Waals surface area contributed by atoms with Crippen LogP contribution < -0.4 is 11.1 Å². The lowest BCUT2D eigenvalue weighted by Gasteiger charge is -2.17. The van der Waals surface area contributed by atoms with Crippen LogP contribution in [0.1, 0.15) is 30.6 Å². The van der Waals surface area contributed by atoms with Gasteiger partial charge in [-0.05, 0) is 18.1 Å². The van der Waals surface area contributed by atoms with Gasteiger partial charge in [0.15, 0.2) is 0 Å². The number of rotatable bonds is 5. The van der Waals surface area contributed by atoms with E-state index in [0.717, 1.165) is 6.42 Å². The molecule has 19 heavy (non-hydrogen) atoms. The Kier molecular flexibility index (Phi) is 4.88. The van der Waals surface area contributed by atoms with E-state index in [1.165, 1.54) is 18.2 Å². The summed E-state index contributed by atoms with van der Waals surface area (Å²) in [7, 11) is 0. The zero-order chi connectivity index (χ0) is 14.6. The van der Waals surface area contributed by atoms with Crippen LogP contribution in [-0.4, -0.2) is 28.1 Å². The molecule has 0 heterocycles. The highest BCUT2D eigenvalue weighted by Crippen LogP contribution is 2.22. The first-order valence-electron chi connectivity index (χ1n) is 5.99. The summed E-state index contributed by atoms with van der Waals surface area (Å²) in [6.45, 7) is 3.81. The second-order valence-corrected chi connectivity index (χ2v) is 4.44. The van der Waals surface area contributed by atoms with E-state index in [4.69, 9.17) is 10.8 Å². The molecular weight excluding hydrogens is 248 g/mol. The van der Waals surface area contributed by atoms with E-state index in [0.29, 0.717) is 5.69 Å². The summed E-state index contributed by atoms with van der Waals surface area (Å²) in [5.74, 6) is -1.96. The van der Waals surface area contributed by atoms with Gasteiger partial charge in [0.1, 0.15) is 11.3 Å². The Morgan fingerprint density at radius 3 is 2.53 bits per heavy atom. The van der Waals surface area contributed by atoms with Crippen molar-refractivity contribution in [1.29, 1.82) is 0 Å². The lowest BCUT2D eigenvalue weighted by Crippen LogP contribution is -2.40. The quantitative estimate of drug-likeness (QED) is 0.643. The predicted octanol–water partition coefficient (Wildman–Crippen LogP) is 1.40. The minimum absolute atomic E-state index is 0.0342. The van der Waals surface area contributed by atoms with Crippen LogP contribution in [0.5, 0.6) is 5.75 Å². The molecule has 6 heteroatoms. The zero-order valence-corrected chi connectivity index (χ0v) is 10.9. The number of phenols is 1. The van der Waals surface area contributed by atoms with Crippen molar-refractivity contribution >= 4 is 17.6 Å². The SMILES string of the molecule is CC[C@H](C)[C@H](N)C(=O)Nc1ccc(C(=O)O)c(O)c1. The number of hydrogen-bond acceptors (Lipinski definition) is 4. The molecule has 0 spiro atoms. The van der Waals surface area contributed by atoms with E-state index in [9.17, 15) is 14.7 Å². The highest BCUT2D eigenvalue weighted by Gasteiger charge is 2.20. The summed E-state index contributed by atoms with van der Waals surface area (Å²) in [6, 6.07) is 3.17. The molecule has 0 radical (unpaired) electrons. The minimum Gasteiger partial charge on any atom is -0.507 e. The second-order valence-electron chi connectivity index (χ2n) is 4.44. The van der Waals surface area contributed by atoms with E-state index in [2.05, 4.69) is 5.32 Å². The van der Waals surface area contributed by atoms with E-state index in [1.807, 2.05) is 13.8 Å². The van der Waals surface area contributed by atoms with Gasteiger partial charge in [-0.2, -0.15) is 0 Å². The first kappa shape index (κ1) is 15.0. The number of carbonyl (C=O) groups excluding carboxylic acids is 1. The van der Waals surface area contributed by atoms with Gasteiger partial charge in [-0.25, -0.2) is 4.79 Å². The number of benzene rings is 1. The molecule has 1 aromatic rings. The van der Waals surface area contributed by atoms with Gasteiger partial charge in [-0.3, -0.25) is 4.79 Å². The van der Waals surface area contributed by atoms with E-state index in [-0.39, 0.29) is 17.4 Å². The lowest BCUT2D eigenvalue weighted by atomic mass is 9.99. The first-order chi connectivity index (χ1) is 8.86. The number of nitrogens with one attached hydrogen (secondary N) is 1. The molecule has 0 unspecified atom stereocenters. The van der Waals surface area contributed by atoms with Gasteiger partial charge in [0, 0.05) is 11.8 Å². The monoisotopic (exact) mass is 266 g/mol. The molecule has 0 aliphatic rings. The summed E-state index contributed by atoms with van der Waals surface area (Å²) in [5.41, 5.74) is 5.86. The third-order valence-electron chi connectivity index (χ3n) is 3.06. The van der Waals surface area contributed by atoms with E-state index in [1.54, 1.807) is 0 Å². The molecular formula is C13H18N2O4. The first-order valence-corrected chi connectivity index (χ1v) is 5.99. The number of aromatic carboxylic acids is 1. The molecule has 1 rings (SSSR count). The van der Waals surface area contributed by atoms with Crippen molar-refractivity contribution in [2.75, 3.05) is 5.32 Å². The van der Waals surface area contributed by atoms with Crippen LogP contribution in [0.25, 0.3) is 0 Å². The average Bonchev–Trinajstić information content (AvgIpc) is 2.36. The van der Waals surface area contributed by atoms with E-state index < -0.39 is 17.8 Å². The molecule has 1 amide bonds. The van der Waals surface area contributed by atoms with Gasteiger partial charge in [0.05, 0.1) is 6.04 Å². The molecule has 0 aliphatic carbocycles. The largest absolute Gasteiger partial charge is 0.507 e. The van der Waals surface area contributed by atoms with Gasteiger partial charge in [0.2, 0.25) is 5.91 Å². The molecule has 0 aliphatic heterocycles. The van der Waals surface area contributed by atoms with E-state index >= 15 is 0 Å². The fourth-order valence-corrected chi connectivity index (χ4v) is 1.53. The molecule has 104 valence electrons. The van der Waals surface area contributed by atoms with Crippen LogP contribution in [0.15, 0.2) is 18.2 Å². The van der Waals surface area contributed by atoms with Gasteiger partial charge >= 0.3 is 5.97 Å². The van der Waals surface area contributed by atoms with Crippen molar-refractivity contribution in [3.63, 3.8) is 0 Å². The van der Waals surface area contributed by atoms with Crippen LogP contribution in [-0.2, 0) is 4.79 Å². The molecule has 0 fully saturated rings. The molecule has 1 aromatic carbocycles. The highest BCUT2D eigenvalue weighted by atomic mass is 16.4. The number of anilines is 1. The second kappa shape index (κ2) is 6.19. The standard InChI is InChI=1S/C13H18N2O4/c1-3-7(2)11(14)12(17)15-8-4-5-9(13(18)19)10(16)6-8/h4-7,11,16H,3,14H2,1-2H3,(H,15,17)(H,18,19)/t7-,11-/m0/s1. The number of amides is 1. The number of carboxylic acids is 1. The van der Waals surface area contributed by atoms with Crippen LogP contribution >= 0.6 is 0 Å². The smallest absolute Gasteiger partial charge is 0.339 e. The third-order valence-corrected chi connectivity index (χ3v) is 3.06. The van der Waals surface area contributed by atoms with Crippen LogP contribution in [0.3, 0.4) is 0 Å². The highest BCUT2D eigenvalue weighted by molar-refractivity contribution is 5.96. The summed E-state index contributed by atoms with van der Waals surface area (Å²) >= 11 is 0. The molecule has 2 atom stereocenters. The molecule has 5 N–H and O–H groups in total. The van der Waals surface area contributed by atoms with Crippen molar-refractivity contribution in [3.8, 4) is 5.75 Å². The maximum absolute atomic E-state index is 11.8. The van der Waals surface area contributed by atoms with Crippen LogP contribution in [0, 0.1) is 5.92 Å². The summed E-state index contributed by atoms with van der Waals surface area (Å²) in [5, 5.41) is 20.8. The molecule has 0 aromatic heterocycles. The fourth-order valence-electron chi connectivity index (χ4n) is 1.53. The Hall–Kier alpha value is -2.08. The number of aromatic hydroxyl groups is 1. The lowest BCUT2D eigenvalue weighted by molar-refractivity contribution is -0.118. The normalized spacial score (nSPS) is 13.6. The van der Waals surface area contributed by atoms with Gasteiger partial charge < -0.3 is 21.3 Å². The molecule has 6 nitrogen and oxygen atoms in total. The summed E-state index contributed by atoms with van der Waals surface area (Å²) in [4.78, 5) is 22.5. The number of hydrogen-bond donors (Lipinski definition) is 4. The van der Waals surface area contributed by atoms with Gasteiger partial charge in [-0.1, -0.05) is 20.3 Å². The topological polar surface area (TPSA) is 113 Å². The number of carbonyl (C=O) groups is 2. The van der Waals surface area contributed by atoms with Crippen molar-refractivity contribution < 1.29 is 19.8 Å². The van der Waals surface area contributed by atoms with Crippen molar-refractivity contribution in [1.82, 2.24) is 0 Å². The summed E-state index contributed by atoms with van der Waals surface area (Å²) < 4.78 is 0. The van der Waals surface area contributed by atoms with Crippen LogP contribution in [0.4, 0.5) is 5.69 Å². The Labute approximate surface area is 111 Å².